The van der Waals surface area contributed by atoms with Crippen LogP contribution in [-0.4, -0.2) is 26.7 Å². The third-order valence-electron chi connectivity index (χ3n) is 4.60. The van der Waals surface area contributed by atoms with E-state index in [2.05, 4.69) is 64.6 Å². The lowest BCUT2D eigenvalue weighted by atomic mass is 10.1. The molecule has 0 radical (unpaired) electrons. The van der Waals surface area contributed by atoms with Gasteiger partial charge in [-0.3, -0.25) is 0 Å². The van der Waals surface area contributed by atoms with Gasteiger partial charge in [-0.05, 0) is 35.7 Å². The van der Waals surface area contributed by atoms with Crippen molar-refractivity contribution in [3.05, 3.63) is 53.6 Å². The first-order chi connectivity index (χ1) is 10.3. The van der Waals surface area contributed by atoms with E-state index in [0.29, 0.717) is 0 Å². The molecule has 108 valence electrons. The number of anilines is 3. The summed E-state index contributed by atoms with van der Waals surface area (Å²) in [7, 11) is 2.18. The number of hydrogen-bond donors (Lipinski definition) is 1. The van der Waals surface area contributed by atoms with Crippen molar-refractivity contribution in [1.82, 2.24) is 0 Å². The van der Waals surface area contributed by atoms with E-state index in [1.165, 1.54) is 28.2 Å². The van der Waals surface area contributed by atoms with Gasteiger partial charge in [0.25, 0.3) is 0 Å². The van der Waals surface area contributed by atoms with Crippen LogP contribution in [0.1, 0.15) is 11.1 Å². The molecule has 2 heterocycles. The summed E-state index contributed by atoms with van der Waals surface area (Å²) in [5, 5.41) is 3.48. The second-order valence-corrected chi connectivity index (χ2v) is 6.00. The Hall–Kier alpha value is -2.16. The van der Waals surface area contributed by atoms with E-state index >= 15 is 0 Å². The van der Waals surface area contributed by atoms with Gasteiger partial charge in [-0.1, -0.05) is 24.3 Å². The van der Waals surface area contributed by atoms with E-state index in [1.807, 2.05) is 0 Å². The number of nitrogens with zero attached hydrogens (tertiary/aromatic N) is 2. The zero-order valence-electron chi connectivity index (χ0n) is 12.5. The molecule has 1 N–H and O–H groups in total. The summed E-state index contributed by atoms with van der Waals surface area (Å²) in [5.41, 5.74) is 6.86. The summed E-state index contributed by atoms with van der Waals surface area (Å²) in [5.74, 6) is 0. The second-order valence-electron chi connectivity index (χ2n) is 6.00. The van der Waals surface area contributed by atoms with Crippen LogP contribution in [0.2, 0.25) is 0 Å². The van der Waals surface area contributed by atoms with Gasteiger partial charge in [-0.2, -0.15) is 0 Å². The van der Waals surface area contributed by atoms with Gasteiger partial charge in [-0.15, -0.1) is 0 Å². The molecule has 3 nitrogen and oxygen atoms in total. The van der Waals surface area contributed by atoms with Gasteiger partial charge >= 0.3 is 0 Å². The number of rotatable bonds is 2. The monoisotopic (exact) mass is 279 g/mol. The van der Waals surface area contributed by atoms with E-state index < -0.39 is 0 Å². The Labute approximate surface area is 126 Å². The largest absolute Gasteiger partial charge is 0.384 e. The Morgan fingerprint density at radius 2 is 1.90 bits per heavy atom. The fourth-order valence-corrected chi connectivity index (χ4v) is 3.39. The minimum absolute atomic E-state index is 0.986. The summed E-state index contributed by atoms with van der Waals surface area (Å²) < 4.78 is 0. The average Bonchev–Trinajstić information content (AvgIpc) is 2.98. The molecule has 0 spiro atoms. The van der Waals surface area contributed by atoms with Crippen LogP contribution >= 0.6 is 0 Å². The summed E-state index contributed by atoms with van der Waals surface area (Å²) in [6.45, 7) is 4.23. The summed E-state index contributed by atoms with van der Waals surface area (Å²) in [6.07, 6.45) is 1.16. The summed E-state index contributed by atoms with van der Waals surface area (Å²) in [6, 6.07) is 15.6. The van der Waals surface area contributed by atoms with Crippen LogP contribution in [0.5, 0.6) is 0 Å². The zero-order chi connectivity index (χ0) is 14.2. The van der Waals surface area contributed by atoms with Gasteiger partial charge < -0.3 is 15.1 Å². The predicted molar refractivity (Wildman–Crippen MR) is 89.4 cm³/mol. The molecule has 0 unspecified atom stereocenters. The average molecular weight is 279 g/mol. The Bertz CT molecular complexity index is 665. The molecule has 0 atom stereocenters. The van der Waals surface area contributed by atoms with E-state index in [0.717, 1.165) is 32.6 Å². The topological polar surface area (TPSA) is 18.5 Å². The van der Waals surface area contributed by atoms with Crippen molar-refractivity contribution in [2.45, 2.75) is 13.0 Å². The molecule has 0 aromatic heterocycles. The molecule has 2 aromatic carbocycles. The molecule has 21 heavy (non-hydrogen) atoms. The highest BCUT2D eigenvalue weighted by Crippen LogP contribution is 2.33. The Kier molecular flexibility index (Phi) is 2.99. The lowest BCUT2D eigenvalue weighted by molar-refractivity contribution is 0.735. The summed E-state index contributed by atoms with van der Waals surface area (Å²) >= 11 is 0. The summed E-state index contributed by atoms with van der Waals surface area (Å²) in [4.78, 5) is 4.84. The molecule has 3 heteroatoms. The quantitative estimate of drug-likeness (QED) is 0.911. The SMILES string of the molecule is CN1CCN(Cc2ccc3c(c2)NCC3)c2ccccc21. The van der Waals surface area contributed by atoms with E-state index in [9.17, 15) is 0 Å². The van der Waals surface area contributed by atoms with E-state index in [-0.39, 0.29) is 0 Å². The first kappa shape index (κ1) is 12.6. The van der Waals surface area contributed by atoms with Crippen molar-refractivity contribution in [3.8, 4) is 0 Å². The molecule has 4 rings (SSSR count). The second kappa shape index (κ2) is 4.99. The number of para-hydroxylation sites is 2. The van der Waals surface area contributed by atoms with E-state index in [1.54, 1.807) is 0 Å². The smallest absolute Gasteiger partial charge is 0.0607 e. The maximum Gasteiger partial charge on any atom is 0.0607 e. The minimum atomic E-state index is 0.986. The van der Waals surface area contributed by atoms with Crippen molar-refractivity contribution >= 4 is 17.1 Å². The van der Waals surface area contributed by atoms with Gasteiger partial charge in [-0.25, -0.2) is 0 Å². The number of hydrogen-bond acceptors (Lipinski definition) is 3. The fourth-order valence-electron chi connectivity index (χ4n) is 3.39. The number of benzene rings is 2. The van der Waals surface area contributed by atoms with Crippen LogP contribution in [0.4, 0.5) is 17.1 Å². The number of fused-ring (bicyclic) bond motifs is 2. The van der Waals surface area contributed by atoms with Crippen LogP contribution < -0.4 is 15.1 Å². The number of nitrogens with one attached hydrogen (secondary N) is 1. The van der Waals surface area contributed by atoms with Crippen molar-refractivity contribution in [2.75, 3.05) is 41.8 Å². The van der Waals surface area contributed by atoms with Crippen LogP contribution in [0.25, 0.3) is 0 Å². The molecule has 0 saturated heterocycles. The highest BCUT2D eigenvalue weighted by molar-refractivity contribution is 5.73. The molecule has 0 aliphatic carbocycles. The van der Waals surface area contributed by atoms with E-state index in [4.69, 9.17) is 0 Å². The van der Waals surface area contributed by atoms with Crippen LogP contribution in [0, 0.1) is 0 Å². The molecule has 0 saturated carbocycles. The molecular weight excluding hydrogens is 258 g/mol. The Balaban J connectivity index is 1.62. The van der Waals surface area contributed by atoms with Crippen molar-refractivity contribution in [1.29, 1.82) is 0 Å². The molecule has 2 aliphatic heterocycles. The van der Waals surface area contributed by atoms with Crippen molar-refractivity contribution in [2.24, 2.45) is 0 Å². The number of likely N-dealkylation sites (N-methyl/N-ethyl adjacent to an activating group) is 1. The molecule has 0 amide bonds. The van der Waals surface area contributed by atoms with Gasteiger partial charge in [0.15, 0.2) is 0 Å². The maximum atomic E-state index is 3.48. The van der Waals surface area contributed by atoms with Crippen LogP contribution in [0.3, 0.4) is 0 Å². The van der Waals surface area contributed by atoms with Crippen molar-refractivity contribution < 1.29 is 0 Å². The molecule has 0 fully saturated rings. The van der Waals surface area contributed by atoms with Gasteiger partial charge in [0.05, 0.1) is 11.4 Å². The molecule has 2 aliphatic rings. The minimum Gasteiger partial charge on any atom is -0.384 e. The molecular formula is C18H21N3. The highest BCUT2D eigenvalue weighted by Gasteiger charge is 2.20. The fraction of sp³-hybridized carbons (Fsp3) is 0.333. The van der Waals surface area contributed by atoms with Crippen LogP contribution in [-0.2, 0) is 13.0 Å². The van der Waals surface area contributed by atoms with Gasteiger partial charge in [0.1, 0.15) is 0 Å². The lowest BCUT2D eigenvalue weighted by Gasteiger charge is -2.37. The third-order valence-corrected chi connectivity index (χ3v) is 4.60. The first-order valence-corrected chi connectivity index (χ1v) is 7.72. The first-order valence-electron chi connectivity index (χ1n) is 7.72. The predicted octanol–water partition coefficient (Wildman–Crippen LogP) is 3.11. The maximum absolute atomic E-state index is 3.48. The third kappa shape index (κ3) is 2.23. The molecule has 0 bridgehead atoms. The van der Waals surface area contributed by atoms with Gasteiger partial charge in [0.2, 0.25) is 0 Å². The molecule has 2 aromatic rings. The Morgan fingerprint density at radius 1 is 1.05 bits per heavy atom. The standard InChI is InChI=1S/C18H21N3/c1-20-10-11-21(18-5-3-2-4-17(18)20)13-14-6-7-15-8-9-19-16(15)12-14/h2-7,12,19H,8-11,13H2,1H3. The zero-order valence-corrected chi connectivity index (χ0v) is 12.5. The normalized spacial score (nSPS) is 16.4. The Morgan fingerprint density at radius 3 is 2.81 bits per heavy atom. The van der Waals surface area contributed by atoms with Crippen molar-refractivity contribution in [3.63, 3.8) is 0 Å². The van der Waals surface area contributed by atoms with Gasteiger partial charge in [0, 0.05) is 38.9 Å². The lowest BCUT2D eigenvalue weighted by Crippen LogP contribution is -2.38. The van der Waals surface area contributed by atoms with Crippen LogP contribution in [0.15, 0.2) is 42.5 Å². The highest BCUT2D eigenvalue weighted by atomic mass is 15.2.